The highest BCUT2D eigenvalue weighted by atomic mass is 32.2. The minimum Gasteiger partial charge on any atom is -0.497 e. The summed E-state index contributed by atoms with van der Waals surface area (Å²) in [6.07, 6.45) is 0. The van der Waals surface area contributed by atoms with Crippen LogP contribution in [0.1, 0.15) is 16.1 Å². The molecule has 11 heteroatoms. The Morgan fingerprint density at radius 2 is 1.77 bits per heavy atom. The third-order valence-corrected chi connectivity index (χ3v) is 6.54. The van der Waals surface area contributed by atoms with E-state index in [0.717, 1.165) is 11.3 Å². The summed E-state index contributed by atoms with van der Waals surface area (Å²) < 4.78 is 36.7. The Kier molecular flexibility index (Phi) is 6.75. The molecule has 162 valence electrons. The lowest BCUT2D eigenvalue weighted by Gasteiger charge is -2.32. The van der Waals surface area contributed by atoms with E-state index in [1.807, 2.05) is 29.2 Å². The number of sulfonamides is 1. The number of primary amides is 1. The molecule has 1 aromatic heterocycles. The summed E-state index contributed by atoms with van der Waals surface area (Å²) in [7, 11) is -2.27. The maximum Gasteiger partial charge on any atom is 0.284 e. The smallest absolute Gasteiger partial charge is 0.284 e. The predicted octanol–water partition coefficient (Wildman–Crippen LogP) is 0.00980. The topological polar surface area (TPSA) is 135 Å². The molecule has 1 aromatic carbocycles. The number of hydrogen-bond donors (Lipinski definition) is 2. The lowest BCUT2D eigenvalue weighted by Crippen LogP contribution is -2.50. The van der Waals surface area contributed by atoms with Gasteiger partial charge in [-0.3, -0.25) is 14.5 Å². The van der Waals surface area contributed by atoms with E-state index in [4.69, 9.17) is 14.9 Å². The Morgan fingerprint density at radius 3 is 2.33 bits per heavy atom. The highest BCUT2D eigenvalue weighted by Gasteiger charge is 2.31. The number of nitrogens with two attached hydrogens (primary N) is 1. The van der Waals surface area contributed by atoms with Gasteiger partial charge in [-0.2, -0.15) is 4.31 Å². The maximum atomic E-state index is 12.6. The molecule has 2 aromatic rings. The number of furan rings is 1. The van der Waals surface area contributed by atoms with Crippen LogP contribution in [0.5, 0.6) is 5.75 Å². The van der Waals surface area contributed by atoms with Gasteiger partial charge in [-0.25, -0.2) is 8.42 Å². The van der Waals surface area contributed by atoms with E-state index >= 15 is 0 Å². The molecule has 0 bridgehead atoms. The van der Waals surface area contributed by atoms with Gasteiger partial charge in [-0.15, -0.1) is 0 Å². The summed E-state index contributed by atoms with van der Waals surface area (Å²) >= 11 is 0. The molecule has 2 heterocycles. The van der Waals surface area contributed by atoms with Gasteiger partial charge >= 0.3 is 0 Å². The first-order chi connectivity index (χ1) is 14.3. The third kappa shape index (κ3) is 5.17. The number of nitrogens with zero attached hydrogens (tertiary/aromatic N) is 2. The van der Waals surface area contributed by atoms with Crippen molar-refractivity contribution in [1.82, 2.24) is 14.5 Å². The van der Waals surface area contributed by atoms with Gasteiger partial charge in [-0.05, 0) is 29.8 Å². The second kappa shape index (κ2) is 9.28. The van der Waals surface area contributed by atoms with E-state index in [1.165, 1.54) is 16.4 Å². The zero-order chi connectivity index (χ0) is 21.7. The molecule has 0 radical (unpaired) electrons. The molecule has 1 aliphatic heterocycles. The fourth-order valence-electron chi connectivity index (χ4n) is 3.05. The molecule has 0 spiro atoms. The molecule has 3 N–H and O–H groups in total. The van der Waals surface area contributed by atoms with Crippen molar-refractivity contribution in [2.45, 2.75) is 11.6 Å². The van der Waals surface area contributed by atoms with Crippen molar-refractivity contribution >= 4 is 21.8 Å². The van der Waals surface area contributed by atoms with E-state index in [9.17, 15) is 18.0 Å². The van der Waals surface area contributed by atoms with Gasteiger partial charge in [0, 0.05) is 32.7 Å². The summed E-state index contributed by atoms with van der Waals surface area (Å²) in [5.41, 5.74) is 6.05. The number of hydrogen-bond acceptors (Lipinski definition) is 7. The number of methoxy groups -OCH3 is 1. The fourth-order valence-corrected chi connectivity index (χ4v) is 4.38. The van der Waals surface area contributed by atoms with E-state index in [-0.39, 0.29) is 36.4 Å². The molecule has 0 aliphatic carbocycles. The summed E-state index contributed by atoms with van der Waals surface area (Å²) in [5.74, 6) is -0.430. The van der Waals surface area contributed by atoms with Crippen LogP contribution < -0.4 is 15.8 Å². The summed E-state index contributed by atoms with van der Waals surface area (Å²) in [4.78, 5) is 25.2. The molecule has 2 amide bonds. The lowest BCUT2D eigenvalue weighted by molar-refractivity contribution is -0.122. The Labute approximate surface area is 174 Å². The van der Waals surface area contributed by atoms with Crippen LogP contribution in [0, 0.1) is 0 Å². The van der Waals surface area contributed by atoms with Crippen molar-refractivity contribution in [1.29, 1.82) is 0 Å². The van der Waals surface area contributed by atoms with Gasteiger partial charge in [0.15, 0.2) is 5.76 Å². The number of nitrogens with one attached hydrogen (secondary N) is 1. The molecule has 1 saturated heterocycles. The number of carbonyl (C=O) groups is 2. The van der Waals surface area contributed by atoms with Crippen molar-refractivity contribution in [3.8, 4) is 5.75 Å². The third-order valence-electron chi connectivity index (χ3n) is 4.77. The molecule has 1 aliphatic rings. The maximum absolute atomic E-state index is 12.6. The van der Waals surface area contributed by atoms with E-state index in [1.54, 1.807) is 7.11 Å². The van der Waals surface area contributed by atoms with Crippen molar-refractivity contribution in [3.63, 3.8) is 0 Å². The average molecular weight is 436 g/mol. The van der Waals surface area contributed by atoms with Crippen LogP contribution in [0.4, 0.5) is 0 Å². The zero-order valence-electron chi connectivity index (χ0n) is 16.5. The number of rotatable bonds is 8. The Bertz CT molecular complexity index is 994. The van der Waals surface area contributed by atoms with E-state index < -0.39 is 15.9 Å². The highest BCUT2D eigenvalue weighted by molar-refractivity contribution is 7.89. The van der Waals surface area contributed by atoms with Crippen LogP contribution in [-0.4, -0.2) is 69.3 Å². The van der Waals surface area contributed by atoms with Crippen LogP contribution in [-0.2, 0) is 21.4 Å². The van der Waals surface area contributed by atoms with Crippen LogP contribution in [0.25, 0.3) is 0 Å². The SMILES string of the molecule is COc1ccc(CNC(=O)CN2CCN(S(=O)(=O)c3ccc(C(N)=O)o3)CC2)cc1. The number of piperazine rings is 1. The Morgan fingerprint density at radius 1 is 1.10 bits per heavy atom. The minimum absolute atomic E-state index is 0.140. The molecule has 30 heavy (non-hydrogen) atoms. The first-order valence-corrected chi connectivity index (χ1v) is 10.8. The molecule has 0 unspecified atom stereocenters. The Hall–Kier alpha value is -2.89. The van der Waals surface area contributed by atoms with Gasteiger partial charge in [-0.1, -0.05) is 12.1 Å². The molecular weight excluding hydrogens is 412 g/mol. The molecule has 3 rings (SSSR count). The second-order valence-electron chi connectivity index (χ2n) is 6.79. The second-order valence-corrected chi connectivity index (χ2v) is 8.66. The van der Waals surface area contributed by atoms with Crippen molar-refractivity contribution in [2.24, 2.45) is 5.73 Å². The Balaban J connectivity index is 1.47. The normalized spacial score (nSPS) is 15.6. The van der Waals surface area contributed by atoms with Gasteiger partial charge in [0.2, 0.25) is 11.0 Å². The van der Waals surface area contributed by atoms with Crippen LogP contribution in [0.3, 0.4) is 0 Å². The van der Waals surface area contributed by atoms with Crippen molar-refractivity contribution < 1.29 is 27.2 Å². The monoisotopic (exact) mass is 436 g/mol. The summed E-state index contributed by atoms with van der Waals surface area (Å²) in [6.45, 7) is 1.80. The van der Waals surface area contributed by atoms with Crippen LogP contribution >= 0.6 is 0 Å². The molecular formula is C19H24N4O6S. The first kappa shape index (κ1) is 21.8. The summed E-state index contributed by atoms with van der Waals surface area (Å²) in [5, 5.41) is 2.53. The quantitative estimate of drug-likeness (QED) is 0.595. The largest absolute Gasteiger partial charge is 0.497 e. The van der Waals surface area contributed by atoms with Crippen molar-refractivity contribution in [2.75, 3.05) is 39.8 Å². The van der Waals surface area contributed by atoms with Crippen molar-refractivity contribution in [3.05, 3.63) is 47.7 Å². The standard InChI is InChI=1S/C19H24N4O6S/c1-28-15-4-2-14(3-5-15)12-21-17(24)13-22-8-10-23(11-9-22)30(26,27)18-7-6-16(29-18)19(20)25/h2-7H,8-13H2,1H3,(H2,20,25)(H,21,24). The van der Waals surface area contributed by atoms with Crippen LogP contribution in [0.15, 0.2) is 45.9 Å². The number of amides is 2. The van der Waals surface area contributed by atoms with Gasteiger partial charge in [0.25, 0.3) is 15.9 Å². The minimum atomic E-state index is -3.86. The van der Waals surface area contributed by atoms with E-state index in [0.29, 0.717) is 19.6 Å². The first-order valence-electron chi connectivity index (χ1n) is 9.31. The van der Waals surface area contributed by atoms with Gasteiger partial charge in [0.05, 0.1) is 13.7 Å². The molecule has 0 saturated carbocycles. The fraction of sp³-hybridized carbons (Fsp3) is 0.368. The zero-order valence-corrected chi connectivity index (χ0v) is 17.4. The number of ether oxygens (including phenoxy) is 1. The number of benzene rings is 1. The van der Waals surface area contributed by atoms with Crippen LogP contribution in [0.2, 0.25) is 0 Å². The number of carbonyl (C=O) groups excluding carboxylic acids is 2. The molecule has 1 fully saturated rings. The van der Waals surface area contributed by atoms with Gasteiger partial charge in [0.1, 0.15) is 5.75 Å². The predicted molar refractivity (Wildman–Crippen MR) is 107 cm³/mol. The molecule has 0 atom stereocenters. The average Bonchev–Trinajstić information content (AvgIpc) is 3.25. The summed E-state index contributed by atoms with van der Waals surface area (Å²) in [6, 6.07) is 9.86. The lowest BCUT2D eigenvalue weighted by atomic mass is 10.2. The highest BCUT2D eigenvalue weighted by Crippen LogP contribution is 2.20. The van der Waals surface area contributed by atoms with E-state index in [2.05, 4.69) is 5.32 Å². The van der Waals surface area contributed by atoms with Gasteiger partial charge < -0.3 is 20.2 Å². The molecule has 10 nitrogen and oxygen atoms in total.